The van der Waals surface area contributed by atoms with Crippen LogP contribution in [0.25, 0.3) is 0 Å². The van der Waals surface area contributed by atoms with Crippen LogP contribution in [0.3, 0.4) is 0 Å². The molecule has 0 bridgehead atoms. The summed E-state index contributed by atoms with van der Waals surface area (Å²) in [6.45, 7) is 6.35. The van der Waals surface area contributed by atoms with Crippen LogP contribution in [0.1, 0.15) is 48.7 Å². The minimum absolute atomic E-state index is 0.000162. The van der Waals surface area contributed by atoms with Gasteiger partial charge in [0.1, 0.15) is 5.82 Å². The number of carbonyl (C=O) groups excluding carboxylic acids is 1. The fourth-order valence-electron chi connectivity index (χ4n) is 3.43. The summed E-state index contributed by atoms with van der Waals surface area (Å²) < 4.78 is 13.9. The maximum absolute atomic E-state index is 13.9. The summed E-state index contributed by atoms with van der Waals surface area (Å²) in [6, 6.07) is 12.1. The average Bonchev–Trinajstić information content (AvgIpc) is 2.61. The van der Waals surface area contributed by atoms with Crippen LogP contribution in [0.15, 0.2) is 42.5 Å². The molecule has 0 spiro atoms. The molecule has 1 heterocycles. The van der Waals surface area contributed by atoms with Gasteiger partial charge in [-0.05, 0) is 61.6 Å². The van der Waals surface area contributed by atoms with Crippen molar-refractivity contribution in [3.63, 3.8) is 0 Å². The van der Waals surface area contributed by atoms with E-state index in [2.05, 4.69) is 29.3 Å². The number of hydrogen-bond acceptors (Lipinski definition) is 2. The van der Waals surface area contributed by atoms with Crippen LogP contribution in [0.2, 0.25) is 5.02 Å². The SMILES string of the molecule is C[C@H]1CCCN(c2ccc([C@H](C)NC(=O)c3ccc(Cl)cc3F)cc2)C1. The van der Waals surface area contributed by atoms with E-state index in [0.29, 0.717) is 0 Å². The molecule has 26 heavy (non-hydrogen) atoms. The Morgan fingerprint density at radius 2 is 2.00 bits per heavy atom. The molecule has 2 aromatic carbocycles. The van der Waals surface area contributed by atoms with E-state index in [1.807, 2.05) is 19.1 Å². The molecule has 1 fully saturated rings. The average molecular weight is 375 g/mol. The van der Waals surface area contributed by atoms with Crippen molar-refractivity contribution < 1.29 is 9.18 Å². The van der Waals surface area contributed by atoms with Crippen LogP contribution < -0.4 is 10.2 Å². The topological polar surface area (TPSA) is 32.3 Å². The van der Waals surface area contributed by atoms with Gasteiger partial charge in [-0.2, -0.15) is 0 Å². The number of benzene rings is 2. The van der Waals surface area contributed by atoms with Gasteiger partial charge in [0.2, 0.25) is 0 Å². The van der Waals surface area contributed by atoms with Gasteiger partial charge >= 0.3 is 0 Å². The van der Waals surface area contributed by atoms with E-state index in [4.69, 9.17) is 11.6 Å². The predicted molar refractivity (Wildman–Crippen MR) is 104 cm³/mol. The molecule has 1 amide bonds. The van der Waals surface area contributed by atoms with Gasteiger partial charge in [-0.3, -0.25) is 4.79 Å². The molecular formula is C21H24ClFN2O. The minimum Gasteiger partial charge on any atom is -0.371 e. The summed E-state index contributed by atoms with van der Waals surface area (Å²) in [5, 5.41) is 3.12. The molecule has 2 atom stereocenters. The third-order valence-electron chi connectivity index (χ3n) is 4.94. The number of hydrogen-bond donors (Lipinski definition) is 1. The van der Waals surface area contributed by atoms with Gasteiger partial charge in [-0.25, -0.2) is 4.39 Å². The standard InChI is InChI=1S/C21H24ClFN2O/c1-14-4-3-11-25(13-14)18-8-5-16(6-9-18)15(2)24-21(26)19-10-7-17(22)12-20(19)23/h5-10,12,14-15H,3-4,11,13H2,1-2H3,(H,24,26)/t14-,15-/m0/s1. The van der Waals surface area contributed by atoms with Crippen molar-refractivity contribution >= 4 is 23.2 Å². The van der Waals surface area contributed by atoms with Crippen LogP contribution in [-0.4, -0.2) is 19.0 Å². The maximum Gasteiger partial charge on any atom is 0.254 e. The Balaban J connectivity index is 1.66. The maximum atomic E-state index is 13.9. The van der Waals surface area contributed by atoms with Gasteiger partial charge in [0.15, 0.2) is 0 Å². The van der Waals surface area contributed by atoms with Crippen molar-refractivity contribution in [2.45, 2.75) is 32.7 Å². The second-order valence-corrected chi connectivity index (χ2v) is 7.54. The molecular weight excluding hydrogens is 351 g/mol. The third kappa shape index (κ3) is 4.36. The summed E-state index contributed by atoms with van der Waals surface area (Å²) in [5.74, 6) is -0.340. The van der Waals surface area contributed by atoms with Crippen molar-refractivity contribution in [3.8, 4) is 0 Å². The van der Waals surface area contributed by atoms with Crippen molar-refractivity contribution in [1.29, 1.82) is 0 Å². The second kappa shape index (κ2) is 8.09. The summed E-state index contributed by atoms with van der Waals surface area (Å²) in [4.78, 5) is 14.7. The number of carbonyl (C=O) groups is 1. The molecule has 138 valence electrons. The number of anilines is 1. The van der Waals surface area contributed by atoms with Crippen LogP contribution in [0, 0.1) is 11.7 Å². The quantitative estimate of drug-likeness (QED) is 0.797. The largest absolute Gasteiger partial charge is 0.371 e. The molecule has 0 aliphatic carbocycles. The summed E-state index contributed by atoms with van der Waals surface area (Å²) in [7, 11) is 0. The molecule has 0 aromatic heterocycles. The van der Waals surface area contributed by atoms with E-state index in [-0.39, 0.29) is 16.6 Å². The molecule has 0 radical (unpaired) electrons. The lowest BCUT2D eigenvalue weighted by molar-refractivity contribution is 0.0936. The summed E-state index contributed by atoms with van der Waals surface area (Å²) in [6.07, 6.45) is 2.51. The Hall–Kier alpha value is -2.07. The molecule has 2 aromatic rings. The van der Waals surface area contributed by atoms with Crippen LogP contribution >= 0.6 is 11.6 Å². The minimum atomic E-state index is -0.614. The van der Waals surface area contributed by atoms with Crippen LogP contribution in [-0.2, 0) is 0 Å². The zero-order valence-corrected chi connectivity index (χ0v) is 15.9. The Kier molecular flexibility index (Phi) is 5.82. The van der Waals surface area contributed by atoms with Crippen molar-refractivity contribution in [2.75, 3.05) is 18.0 Å². The van der Waals surface area contributed by atoms with E-state index in [1.54, 1.807) is 0 Å². The number of rotatable bonds is 4. The molecule has 5 heteroatoms. The monoisotopic (exact) mass is 374 g/mol. The van der Waals surface area contributed by atoms with E-state index in [0.717, 1.165) is 30.6 Å². The lowest BCUT2D eigenvalue weighted by atomic mass is 9.99. The molecule has 3 nitrogen and oxygen atoms in total. The Bertz CT molecular complexity index is 778. The lowest BCUT2D eigenvalue weighted by Gasteiger charge is -2.33. The second-order valence-electron chi connectivity index (χ2n) is 7.10. The zero-order valence-electron chi connectivity index (χ0n) is 15.1. The number of nitrogens with one attached hydrogen (secondary N) is 1. The molecule has 1 N–H and O–H groups in total. The van der Waals surface area contributed by atoms with Gasteiger partial charge in [-0.1, -0.05) is 30.7 Å². The number of amides is 1. The summed E-state index contributed by atoms with van der Waals surface area (Å²) >= 11 is 5.74. The van der Waals surface area contributed by atoms with Gasteiger partial charge in [0.25, 0.3) is 5.91 Å². The van der Waals surface area contributed by atoms with Crippen molar-refractivity contribution in [1.82, 2.24) is 5.32 Å². The Labute approximate surface area is 159 Å². The number of nitrogens with zero attached hydrogens (tertiary/aromatic N) is 1. The molecule has 1 aliphatic heterocycles. The number of halogens is 2. The fourth-order valence-corrected chi connectivity index (χ4v) is 3.59. The van der Waals surface area contributed by atoms with E-state index in [9.17, 15) is 9.18 Å². The molecule has 0 unspecified atom stereocenters. The number of piperidine rings is 1. The first-order chi connectivity index (χ1) is 12.4. The Morgan fingerprint density at radius 3 is 2.65 bits per heavy atom. The van der Waals surface area contributed by atoms with E-state index >= 15 is 0 Å². The van der Waals surface area contributed by atoms with Crippen LogP contribution in [0.5, 0.6) is 0 Å². The molecule has 1 saturated heterocycles. The first-order valence-corrected chi connectivity index (χ1v) is 9.42. The predicted octanol–water partition coefficient (Wildman–Crippen LogP) is 5.21. The van der Waals surface area contributed by atoms with E-state index < -0.39 is 11.7 Å². The molecule has 3 rings (SSSR count). The highest BCUT2D eigenvalue weighted by Gasteiger charge is 2.18. The van der Waals surface area contributed by atoms with E-state index in [1.165, 1.54) is 30.7 Å². The highest BCUT2D eigenvalue weighted by atomic mass is 35.5. The van der Waals surface area contributed by atoms with Gasteiger partial charge in [0, 0.05) is 23.8 Å². The van der Waals surface area contributed by atoms with Gasteiger partial charge < -0.3 is 10.2 Å². The lowest BCUT2D eigenvalue weighted by Crippen LogP contribution is -2.34. The fraction of sp³-hybridized carbons (Fsp3) is 0.381. The highest BCUT2D eigenvalue weighted by Crippen LogP contribution is 2.25. The molecule has 0 saturated carbocycles. The van der Waals surface area contributed by atoms with Gasteiger partial charge in [-0.15, -0.1) is 0 Å². The van der Waals surface area contributed by atoms with Crippen molar-refractivity contribution in [2.24, 2.45) is 5.92 Å². The smallest absolute Gasteiger partial charge is 0.254 e. The first-order valence-electron chi connectivity index (χ1n) is 9.05. The third-order valence-corrected chi connectivity index (χ3v) is 5.17. The highest BCUT2D eigenvalue weighted by molar-refractivity contribution is 6.30. The first kappa shape index (κ1) is 18.7. The normalized spacial score (nSPS) is 18.5. The van der Waals surface area contributed by atoms with Gasteiger partial charge in [0.05, 0.1) is 11.6 Å². The Morgan fingerprint density at radius 1 is 1.27 bits per heavy atom. The molecule has 1 aliphatic rings. The van der Waals surface area contributed by atoms with Crippen LogP contribution in [0.4, 0.5) is 10.1 Å². The zero-order chi connectivity index (χ0) is 18.7. The van der Waals surface area contributed by atoms with Crippen molar-refractivity contribution in [3.05, 3.63) is 64.4 Å². The summed E-state index contributed by atoms with van der Waals surface area (Å²) in [5.41, 5.74) is 2.20.